The topological polar surface area (TPSA) is 8.17 Å². The molecule has 0 unspecified atom stereocenters. The van der Waals surface area contributed by atoms with Gasteiger partial charge in [0.15, 0.2) is 0 Å². The number of benzene rings is 11. The van der Waals surface area contributed by atoms with Gasteiger partial charge in [0, 0.05) is 53.6 Å². The maximum absolute atomic E-state index is 2.48. The Kier molecular flexibility index (Phi) is 8.75. The third-order valence-corrected chi connectivity index (χ3v) is 14.3. The van der Waals surface area contributed by atoms with Gasteiger partial charge in [-0.25, -0.2) is 0 Å². The smallest absolute Gasteiger partial charge is 0.0562 e. The lowest BCUT2D eigenvalue weighted by molar-refractivity contribution is 1.18. The average Bonchev–Trinajstić information content (AvgIpc) is 3.92. The van der Waals surface area contributed by atoms with Gasteiger partial charge in [0.2, 0.25) is 0 Å². The number of nitrogens with zero attached hydrogens (tertiary/aromatic N) is 2. The first-order valence-corrected chi connectivity index (χ1v) is 23.1. The van der Waals surface area contributed by atoms with Crippen LogP contribution in [0.4, 0.5) is 17.1 Å². The van der Waals surface area contributed by atoms with E-state index in [0.29, 0.717) is 0 Å². The summed E-state index contributed by atoms with van der Waals surface area (Å²) in [5.74, 6) is 0. The number of thiophene rings is 1. The van der Waals surface area contributed by atoms with Crippen molar-refractivity contribution in [1.29, 1.82) is 0 Å². The Morgan fingerprint density at radius 3 is 1.49 bits per heavy atom. The molecule has 0 fully saturated rings. The van der Waals surface area contributed by atoms with Crippen molar-refractivity contribution < 1.29 is 0 Å². The lowest BCUT2D eigenvalue weighted by Gasteiger charge is -2.29. The minimum absolute atomic E-state index is 1.08. The summed E-state index contributed by atoms with van der Waals surface area (Å²) in [5, 5.41) is 10.0. The van der Waals surface area contributed by atoms with Gasteiger partial charge in [-0.1, -0.05) is 176 Å². The van der Waals surface area contributed by atoms with Crippen molar-refractivity contribution in [2.24, 2.45) is 0 Å². The van der Waals surface area contributed by atoms with Crippen LogP contribution >= 0.6 is 11.3 Å². The first-order chi connectivity index (χ1) is 32.2. The van der Waals surface area contributed by atoms with Crippen molar-refractivity contribution in [2.75, 3.05) is 4.90 Å². The van der Waals surface area contributed by atoms with Crippen LogP contribution in [0, 0.1) is 0 Å². The molecule has 0 aliphatic carbocycles. The van der Waals surface area contributed by atoms with Crippen molar-refractivity contribution in [1.82, 2.24) is 4.57 Å². The molecule has 0 saturated carbocycles. The fraction of sp³-hybridized carbons (Fsp3) is 0. The van der Waals surface area contributed by atoms with Crippen LogP contribution in [0.1, 0.15) is 0 Å². The van der Waals surface area contributed by atoms with Crippen molar-refractivity contribution >= 4 is 91.9 Å². The van der Waals surface area contributed by atoms with Crippen LogP contribution in [-0.4, -0.2) is 4.57 Å². The second-order valence-electron chi connectivity index (χ2n) is 16.8. The molecule has 0 aliphatic heterocycles. The molecule has 0 spiro atoms. The molecule has 0 N–H and O–H groups in total. The Bertz CT molecular complexity index is 3800. The molecule has 0 bridgehead atoms. The van der Waals surface area contributed by atoms with Gasteiger partial charge in [-0.3, -0.25) is 0 Å². The fourth-order valence-electron chi connectivity index (χ4n) is 10.2. The number of fused-ring (bicyclic) bond motifs is 8. The standard InChI is InChI=1S/C62H40N2S/c1-2-19-45(20-3-1)64-57-28-10-8-23-52(57)55-39-56(53-27-14-30-61-62(53)54-24-9-11-29-60(54)65-61)58(40-59(55)64)63(46-35-31-43(32-36-46)50-25-12-17-41-15-4-6-21-48(41)50)47-37-33-44(34-38-47)51-26-13-18-42-16-5-7-22-49(42)51/h1-40H. The summed E-state index contributed by atoms with van der Waals surface area (Å²) >= 11 is 1.87. The highest BCUT2D eigenvalue weighted by atomic mass is 32.1. The maximum atomic E-state index is 2.48. The highest BCUT2D eigenvalue weighted by Crippen LogP contribution is 2.49. The van der Waals surface area contributed by atoms with Gasteiger partial charge < -0.3 is 9.47 Å². The van der Waals surface area contributed by atoms with E-state index in [9.17, 15) is 0 Å². The SMILES string of the molecule is c1ccc(-n2c3ccccc3c3cc(-c4cccc5sc6ccccc6c45)c(N(c4ccc(-c5cccc6ccccc56)cc4)c4ccc(-c5cccc6ccccc56)cc4)cc32)cc1. The zero-order valence-electron chi connectivity index (χ0n) is 35.4. The van der Waals surface area contributed by atoms with E-state index in [2.05, 4.69) is 252 Å². The van der Waals surface area contributed by atoms with Gasteiger partial charge in [-0.15, -0.1) is 11.3 Å². The summed E-state index contributed by atoms with van der Waals surface area (Å²) in [6.07, 6.45) is 0. The van der Waals surface area contributed by atoms with Crippen molar-refractivity contribution in [3.05, 3.63) is 243 Å². The Morgan fingerprint density at radius 1 is 0.323 bits per heavy atom. The largest absolute Gasteiger partial charge is 0.310 e. The molecule has 0 atom stereocenters. The summed E-state index contributed by atoms with van der Waals surface area (Å²) in [6.45, 7) is 0. The van der Waals surface area contributed by atoms with Crippen LogP contribution in [-0.2, 0) is 0 Å². The molecule has 2 aromatic heterocycles. The van der Waals surface area contributed by atoms with E-state index in [-0.39, 0.29) is 0 Å². The number of hydrogen-bond donors (Lipinski definition) is 0. The van der Waals surface area contributed by atoms with Gasteiger partial charge >= 0.3 is 0 Å². The van der Waals surface area contributed by atoms with Crippen LogP contribution < -0.4 is 4.90 Å². The highest BCUT2D eigenvalue weighted by Gasteiger charge is 2.24. The zero-order valence-corrected chi connectivity index (χ0v) is 36.2. The molecule has 0 saturated heterocycles. The van der Waals surface area contributed by atoms with Crippen molar-refractivity contribution in [3.8, 4) is 39.1 Å². The maximum Gasteiger partial charge on any atom is 0.0562 e. The summed E-state index contributed by atoms with van der Waals surface area (Å²) < 4.78 is 5.01. The van der Waals surface area contributed by atoms with Gasteiger partial charge in [0.25, 0.3) is 0 Å². The van der Waals surface area contributed by atoms with E-state index in [4.69, 9.17) is 0 Å². The van der Waals surface area contributed by atoms with E-state index < -0.39 is 0 Å². The number of aromatic nitrogens is 1. The lowest BCUT2D eigenvalue weighted by Crippen LogP contribution is -2.11. The Labute approximate surface area is 381 Å². The molecule has 2 nitrogen and oxygen atoms in total. The van der Waals surface area contributed by atoms with Gasteiger partial charge in [0.1, 0.15) is 0 Å². The Balaban J connectivity index is 1.10. The van der Waals surface area contributed by atoms with E-state index in [1.165, 1.54) is 91.4 Å². The zero-order chi connectivity index (χ0) is 42.8. The van der Waals surface area contributed by atoms with E-state index in [0.717, 1.165) is 28.3 Å². The third-order valence-electron chi connectivity index (χ3n) is 13.2. The van der Waals surface area contributed by atoms with E-state index >= 15 is 0 Å². The van der Waals surface area contributed by atoms with Crippen LogP contribution in [0.3, 0.4) is 0 Å². The molecule has 3 heteroatoms. The van der Waals surface area contributed by atoms with Crippen molar-refractivity contribution in [2.45, 2.75) is 0 Å². The van der Waals surface area contributed by atoms with Gasteiger partial charge in [0.05, 0.1) is 16.7 Å². The molecule has 2 heterocycles. The number of anilines is 3. The molecule has 0 amide bonds. The molecule has 65 heavy (non-hydrogen) atoms. The molecule has 13 rings (SSSR count). The monoisotopic (exact) mass is 844 g/mol. The minimum atomic E-state index is 1.08. The number of para-hydroxylation sites is 2. The molecular formula is C62H40N2S. The summed E-state index contributed by atoms with van der Waals surface area (Å²) in [5.41, 5.74) is 14.0. The Hall–Kier alpha value is -8.24. The Morgan fingerprint density at radius 2 is 0.831 bits per heavy atom. The third kappa shape index (κ3) is 6.16. The highest BCUT2D eigenvalue weighted by molar-refractivity contribution is 7.25. The van der Waals surface area contributed by atoms with E-state index in [1.54, 1.807) is 0 Å². The summed E-state index contributed by atoms with van der Waals surface area (Å²) in [7, 11) is 0. The van der Waals surface area contributed by atoms with Crippen LogP contribution in [0.2, 0.25) is 0 Å². The first-order valence-electron chi connectivity index (χ1n) is 22.2. The predicted molar refractivity (Wildman–Crippen MR) is 280 cm³/mol. The predicted octanol–water partition coefficient (Wildman–Crippen LogP) is 17.9. The normalized spacial score (nSPS) is 11.7. The summed E-state index contributed by atoms with van der Waals surface area (Å²) in [4.78, 5) is 2.48. The number of hydrogen-bond acceptors (Lipinski definition) is 2. The first kappa shape index (κ1) is 37.3. The molecule has 0 aliphatic rings. The molecule has 11 aromatic carbocycles. The van der Waals surface area contributed by atoms with Gasteiger partial charge in [-0.05, 0) is 116 Å². The summed E-state index contributed by atoms with van der Waals surface area (Å²) in [6, 6.07) is 89.2. The van der Waals surface area contributed by atoms with E-state index in [1.807, 2.05) is 11.3 Å². The van der Waals surface area contributed by atoms with Crippen LogP contribution in [0.15, 0.2) is 243 Å². The quantitative estimate of drug-likeness (QED) is 0.155. The van der Waals surface area contributed by atoms with Crippen molar-refractivity contribution in [3.63, 3.8) is 0 Å². The molecule has 13 aromatic rings. The molecular weight excluding hydrogens is 805 g/mol. The lowest BCUT2D eigenvalue weighted by atomic mass is 9.94. The fourth-order valence-corrected chi connectivity index (χ4v) is 11.4. The van der Waals surface area contributed by atoms with Gasteiger partial charge in [-0.2, -0.15) is 0 Å². The van der Waals surface area contributed by atoms with Crippen LogP contribution in [0.25, 0.3) is 103 Å². The second-order valence-corrected chi connectivity index (χ2v) is 17.9. The number of rotatable bonds is 7. The molecule has 0 radical (unpaired) electrons. The minimum Gasteiger partial charge on any atom is -0.310 e. The van der Waals surface area contributed by atoms with Crippen LogP contribution in [0.5, 0.6) is 0 Å². The molecule has 304 valence electrons. The second kappa shape index (κ2) is 15.2. The average molecular weight is 845 g/mol.